The van der Waals surface area contributed by atoms with Gasteiger partial charge in [-0.3, -0.25) is 0 Å². The topological polar surface area (TPSA) is 47.0 Å². The standard InChI is InChI=1S/C6H8ClNO2S2/c1-5-8-6(4-11-5)2-3-12(7,9)10/h4H,2-3H2,1H3. The van der Waals surface area contributed by atoms with E-state index < -0.39 is 9.05 Å². The number of aryl methyl sites for hydroxylation is 2. The van der Waals surface area contributed by atoms with Crippen molar-refractivity contribution in [1.82, 2.24) is 4.98 Å². The van der Waals surface area contributed by atoms with Crippen LogP contribution in [0.2, 0.25) is 0 Å². The summed E-state index contributed by atoms with van der Waals surface area (Å²) in [5.41, 5.74) is 0.793. The van der Waals surface area contributed by atoms with Gasteiger partial charge in [-0.2, -0.15) is 0 Å². The molecule has 68 valence electrons. The van der Waals surface area contributed by atoms with Gasteiger partial charge < -0.3 is 0 Å². The molecule has 0 amide bonds. The van der Waals surface area contributed by atoms with Gasteiger partial charge in [0.25, 0.3) is 0 Å². The molecule has 1 aromatic heterocycles. The summed E-state index contributed by atoms with van der Waals surface area (Å²) in [4.78, 5) is 4.11. The summed E-state index contributed by atoms with van der Waals surface area (Å²) in [6, 6.07) is 0. The summed E-state index contributed by atoms with van der Waals surface area (Å²) < 4.78 is 21.1. The molecule has 1 heterocycles. The van der Waals surface area contributed by atoms with E-state index in [0.29, 0.717) is 6.42 Å². The summed E-state index contributed by atoms with van der Waals surface area (Å²) in [5.74, 6) is -0.0439. The van der Waals surface area contributed by atoms with E-state index >= 15 is 0 Å². The summed E-state index contributed by atoms with van der Waals surface area (Å²) in [5, 5.41) is 2.79. The van der Waals surface area contributed by atoms with Crippen LogP contribution in [0.5, 0.6) is 0 Å². The van der Waals surface area contributed by atoms with Gasteiger partial charge in [0.15, 0.2) is 0 Å². The lowest BCUT2D eigenvalue weighted by molar-refractivity contribution is 0.608. The predicted octanol–water partition coefficient (Wildman–Crippen LogP) is 1.56. The largest absolute Gasteiger partial charge is 0.247 e. The maximum atomic E-state index is 10.6. The number of rotatable bonds is 3. The number of hydrogen-bond donors (Lipinski definition) is 0. The fourth-order valence-corrected chi connectivity index (χ4v) is 2.08. The Kier molecular flexibility index (Phi) is 3.09. The second-order valence-electron chi connectivity index (χ2n) is 2.35. The first-order valence-electron chi connectivity index (χ1n) is 3.31. The highest BCUT2D eigenvalue weighted by molar-refractivity contribution is 8.13. The van der Waals surface area contributed by atoms with E-state index in [2.05, 4.69) is 4.98 Å². The lowest BCUT2D eigenvalue weighted by Crippen LogP contribution is -2.01. The molecule has 0 atom stereocenters. The lowest BCUT2D eigenvalue weighted by atomic mass is 10.4. The van der Waals surface area contributed by atoms with E-state index in [-0.39, 0.29) is 5.75 Å². The average molecular weight is 226 g/mol. The van der Waals surface area contributed by atoms with Crippen molar-refractivity contribution in [3.05, 3.63) is 16.1 Å². The van der Waals surface area contributed by atoms with Crippen molar-refractivity contribution in [3.8, 4) is 0 Å². The van der Waals surface area contributed by atoms with Crippen molar-refractivity contribution in [2.24, 2.45) is 0 Å². The molecule has 0 spiro atoms. The Hall–Kier alpha value is -0.130. The van der Waals surface area contributed by atoms with Crippen LogP contribution in [0.25, 0.3) is 0 Å². The Labute approximate surface area is 79.8 Å². The Morgan fingerprint density at radius 2 is 2.33 bits per heavy atom. The Morgan fingerprint density at radius 1 is 1.67 bits per heavy atom. The van der Waals surface area contributed by atoms with Gasteiger partial charge in [-0.15, -0.1) is 11.3 Å². The molecule has 6 heteroatoms. The van der Waals surface area contributed by atoms with E-state index in [1.165, 1.54) is 11.3 Å². The van der Waals surface area contributed by atoms with Gasteiger partial charge in [-0.05, 0) is 6.92 Å². The summed E-state index contributed by atoms with van der Waals surface area (Å²) in [6.45, 7) is 1.88. The molecule has 0 bridgehead atoms. The molecule has 0 unspecified atom stereocenters. The molecule has 0 radical (unpaired) electrons. The molecule has 0 aliphatic rings. The molecule has 0 fully saturated rings. The van der Waals surface area contributed by atoms with Gasteiger partial charge in [-0.1, -0.05) is 0 Å². The molecule has 0 saturated carbocycles. The highest BCUT2D eigenvalue weighted by Crippen LogP contribution is 2.10. The van der Waals surface area contributed by atoms with E-state index in [0.717, 1.165) is 10.7 Å². The SMILES string of the molecule is Cc1nc(CCS(=O)(=O)Cl)cs1. The second-order valence-corrected chi connectivity index (χ2v) is 6.31. The third-order valence-electron chi connectivity index (χ3n) is 1.27. The molecular weight excluding hydrogens is 218 g/mol. The smallest absolute Gasteiger partial charge is 0.232 e. The normalized spacial score (nSPS) is 11.8. The second kappa shape index (κ2) is 3.72. The lowest BCUT2D eigenvalue weighted by Gasteiger charge is -1.91. The molecule has 3 nitrogen and oxygen atoms in total. The Morgan fingerprint density at radius 3 is 2.75 bits per heavy atom. The molecule has 0 saturated heterocycles. The van der Waals surface area contributed by atoms with Crippen molar-refractivity contribution in [1.29, 1.82) is 0 Å². The maximum absolute atomic E-state index is 10.6. The highest BCUT2D eigenvalue weighted by atomic mass is 35.7. The Bertz CT molecular complexity index is 357. The number of halogens is 1. The zero-order chi connectivity index (χ0) is 9.19. The minimum Gasteiger partial charge on any atom is -0.247 e. The summed E-state index contributed by atoms with van der Waals surface area (Å²) in [7, 11) is 1.66. The zero-order valence-corrected chi connectivity index (χ0v) is 8.84. The predicted molar refractivity (Wildman–Crippen MR) is 50.2 cm³/mol. The molecule has 1 rings (SSSR count). The van der Waals surface area contributed by atoms with Crippen LogP contribution in [0.4, 0.5) is 0 Å². The fourth-order valence-electron chi connectivity index (χ4n) is 0.750. The van der Waals surface area contributed by atoms with Gasteiger partial charge >= 0.3 is 0 Å². The van der Waals surface area contributed by atoms with Crippen LogP contribution in [-0.2, 0) is 15.5 Å². The minimum atomic E-state index is -3.38. The van der Waals surface area contributed by atoms with Gasteiger partial charge in [-0.25, -0.2) is 13.4 Å². The van der Waals surface area contributed by atoms with Crippen LogP contribution in [0.15, 0.2) is 5.38 Å². The Balaban J connectivity index is 2.55. The number of nitrogens with zero attached hydrogens (tertiary/aromatic N) is 1. The van der Waals surface area contributed by atoms with Crippen molar-refractivity contribution in [2.45, 2.75) is 13.3 Å². The maximum Gasteiger partial charge on any atom is 0.232 e. The van der Waals surface area contributed by atoms with Crippen molar-refractivity contribution in [3.63, 3.8) is 0 Å². The van der Waals surface area contributed by atoms with Crippen LogP contribution in [-0.4, -0.2) is 19.2 Å². The first kappa shape index (κ1) is 9.95. The summed E-state index contributed by atoms with van der Waals surface area (Å²) in [6.07, 6.45) is 0.399. The van der Waals surface area contributed by atoms with E-state index in [4.69, 9.17) is 10.7 Å². The summed E-state index contributed by atoms with van der Waals surface area (Å²) >= 11 is 1.51. The molecule has 0 N–H and O–H groups in total. The van der Waals surface area contributed by atoms with E-state index in [9.17, 15) is 8.42 Å². The zero-order valence-electron chi connectivity index (χ0n) is 6.45. The van der Waals surface area contributed by atoms with Gasteiger partial charge in [0.1, 0.15) is 0 Å². The van der Waals surface area contributed by atoms with Gasteiger partial charge in [0.2, 0.25) is 9.05 Å². The molecule has 12 heavy (non-hydrogen) atoms. The highest BCUT2D eigenvalue weighted by Gasteiger charge is 2.06. The average Bonchev–Trinajstić information content (AvgIpc) is 2.30. The van der Waals surface area contributed by atoms with Gasteiger partial charge in [0, 0.05) is 22.5 Å². The van der Waals surface area contributed by atoms with E-state index in [1.807, 2.05) is 12.3 Å². The van der Waals surface area contributed by atoms with Crippen LogP contribution >= 0.6 is 22.0 Å². The van der Waals surface area contributed by atoms with E-state index in [1.54, 1.807) is 0 Å². The molecule has 1 aromatic rings. The van der Waals surface area contributed by atoms with Gasteiger partial charge in [0.05, 0.1) is 16.5 Å². The third-order valence-corrected chi connectivity index (χ3v) is 3.25. The quantitative estimate of drug-likeness (QED) is 0.734. The van der Waals surface area contributed by atoms with Crippen molar-refractivity contribution >= 4 is 31.1 Å². The van der Waals surface area contributed by atoms with Crippen molar-refractivity contribution in [2.75, 3.05) is 5.75 Å². The molecule has 0 aliphatic heterocycles. The molecular formula is C6H8ClNO2S2. The van der Waals surface area contributed by atoms with Crippen molar-refractivity contribution < 1.29 is 8.42 Å². The number of aromatic nitrogens is 1. The molecule has 0 aromatic carbocycles. The van der Waals surface area contributed by atoms with Crippen LogP contribution in [0.1, 0.15) is 10.7 Å². The van der Waals surface area contributed by atoms with Crippen LogP contribution < -0.4 is 0 Å². The molecule has 0 aliphatic carbocycles. The fraction of sp³-hybridized carbons (Fsp3) is 0.500. The first-order valence-corrected chi connectivity index (χ1v) is 6.66. The number of thiazole rings is 1. The monoisotopic (exact) mass is 225 g/mol. The third kappa shape index (κ3) is 3.51. The first-order chi connectivity index (χ1) is 5.47. The van der Waals surface area contributed by atoms with Crippen LogP contribution in [0.3, 0.4) is 0 Å². The van der Waals surface area contributed by atoms with Crippen LogP contribution in [0, 0.1) is 6.92 Å². The number of hydrogen-bond acceptors (Lipinski definition) is 4. The minimum absolute atomic E-state index is 0.0439.